The van der Waals surface area contributed by atoms with Crippen LogP contribution in [0.5, 0.6) is 0 Å². The van der Waals surface area contributed by atoms with Crippen molar-refractivity contribution in [2.45, 2.75) is 6.54 Å². The molecule has 2 aromatic heterocycles. The average molecular weight is 388 g/mol. The van der Waals surface area contributed by atoms with Crippen LogP contribution in [0.4, 0.5) is 4.39 Å². The number of rotatable bonds is 3. The molecule has 0 bridgehead atoms. The maximum atomic E-state index is 12.9. The van der Waals surface area contributed by atoms with Crippen LogP contribution in [0.2, 0.25) is 5.15 Å². The lowest BCUT2D eigenvalue weighted by atomic mass is 10.2. The van der Waals surface area contributed by atoms with Crippen LogP contribution in [0.15, 0.2) is 37.9 Å². The lowest BCUT2D eigenvalue weighted by Gasteiger charge is -1.95. The first-order valence-corrected chi connectivity index (χ1v) is 7.33. The van der Waals surface area contributed by atoms with Crippen LogP contribution in [0, 0.1) is 5.82 Å². The molecule has 0 saturated heterocycles. The number of aromatic nitrogens is 4. The summed E-state index contributed by atoms with van der Waals surface area (Å²) in [5.41, 5.74) is 1.06. The normalized spacial score (nSPS) is 11.1. The summed E-state index contributed by atoms with van der Waals surface area (Å²) < 4.78 is 21.2. The van der Waals surface area contributed by atoms with Crippen LogP contribution in [0.25, 0.3) is 11.5 Å². The Bertz CT molecular complexity index is 885. The molecule has 114 valence electrons. The van der Waals surface area contributed by atoms with E-state index in [-0.39, 0.29) is 18.3 Å². The molecule has 22 heavy (non-hydrogen) atoms. The summed E-state index contributed by atoms with van der Waals surface area (Å²) in [5.74, 6) is -0.895. The van der Waals surface area contributed by atoms with E-state index >= 15 is 0 Å². The predicted octanol–water partition coefficient (Wildman–Crippen LogP) is 2.84. The Labute approximate surface area is 137 Å². The molecule has 0 amide bonds. The van der Waals surface area contributed by atoms with Gasteiger partial charge in [0, 0.05) is 12.6 Å². The molecule has 1 aromatic carbocycles. The summed E-state index contributed by atoms with van der Waals surface area (Å²) in [7, 11) is 1.69. The second-order valence-corrected chi connectivity index (χ2v) is 5.66. The van der Waals surface area contributed by atoms with Gasteiger partial charge in [0.05, 0.1) is 16.7 Å². The minimum atomic E-state index is -0.631. The molecule has 0 radical (unpaired) electrons. The van der Waals surface area contributed by atoms with Gasteiger partial charge in [0.15, 0.2) is 0 Å². The van der Waals surface area contributed by atoms with E-state index in [0.717, 1.165) is 4.68 Å². The third kappa shape index (κ3) is 2.71. The SMILES string of the molecule is Cn1nc(Cn2nc(-c3ccc(F)cc3)oc2=O)c(Br)c1Cl. The maximum Gasteiger partial charge on any atom is 0.437 e. The van der Waals surface area contributed by atoms with Crippen LogP contribution < -0.4 is 5.76 Å². The zero-order valence-corrected chi connectivity index (χ0v) is 13.6. The number of benzene rings is 1. The highest BCUT2D eigenvalue weighted by Crippen LogP contribution is 2.26. The van der Waals surface area contributed by atoms with E-state index in [4.69, 9.17) is 16.0 Å². The standard InChI is InChI=1S/C13H9BrClFN4O2/c1-19-11(15)10(14)9(17-19)6-20-13(21)22-12(18-20)7-2-4-8(16)5-3-7/h2-5H,6H2,1H3. The molecule has 0 N–H and O–H groups in total. The maximum absolute atomic E-state index is 12.9. The van der Waals surface area contributed by atoms with Crippen LogP contribution in [-0.2, 0) is 13.6 Å². The van der Waals surface area contributed by atoms with Crippen molar-refractivity contribution in [2.75, 3.05) is 0 Å². The zero-order valence-electron chi connectivity index (χ0n) is 11.3. The van der Waals surface area contributed by atoms with Crippen molar-refractivity contribution in [2.24, 2.45) is 7.05 Å². The van der Waals surface area contributed by atoms with Crippen molar-refractivity contribution < 1.29 is 8.81 Å². The second-order valence-electron chi connectivity index (χ2n) is 4.51. The van der Waals surface area contributed by atoms with E-state index in [9.17, 15) is 9.18 Å². The number of aryl methyl sites for hydroxylation is 1. The molecule has 6 nitrogen and oxygen atoms in total. The minimum absolute atomic E-state index is 0.102. The summed E-state index contributed by atoms with van der Waals surface area (Å²) in [5, 5.41) is 8.70. The molecule has 0 atom stereocenters. The number of halogens is 3. The smallest absolute Gasteiger partial charge is 0.388 e. The van der Waals surface area contributed by atoms with Gasteiger partial charge in [0.1, 0.15) is 11.0 Å². The van der Waals surface area contributed by atoms with Gasteiger partial charge in [-0.1, -0.05) is 11.6 Å². The molecule has 2 heterocycles. The van der Waals surface area contributed by atoms with Crippen LogP contribution in [0.3, 0.4) is 0 Å². The first kappa shape index (κ1) is 15.0. The Hall–Kier alpha value is -1.93. The summed E-state index contributed by atoms with van der Waals surface area (Å²) in [6.07, 6.45) is 0. The third-order valence-electron chi connectivity index (χ3n) is 2.99. The Balaban J connectivity index is 1.94. The van der Waals surface area contributed by atoms with Gasteiger partial charge in [-0.3, -0.25) is 4.68 Å². The molecule has 0 aliphatic heterocycles. The summed E-state index contributed by atoms with van der Waals surface area (Å²) in [6, 6.07) is 5.50. The quantitative estimate of drug-likeness (QED) is 0.693. The van der Waals surface area contributed by atoms with Crippen molar-refractivity contribution in [1.29, 1.82) is 0 Å². The van der Waals surface area contributed by atoms with Crippen molar-refractivity contribution in [3.63, 3.8) is 0 Å². The molecule has 0 unspecified atom stereocenters. The van der Waals surface area contributed by atoms with Gasteiger partial charge in [-0.2, -0.15) is 9.78 Å². The van der Waals surface area contributed by atoms with Crippen molar-refractivity contribution in [1.82, 2.24) is 19.6 Å². The zero-order chi connectivity index (χ0) is 15.9. The largest absolute Gasteiger partial charge is 0.437 e. The van der Waals surface area contributed by atoms with Crippen molar-refractivity contribution >= 4 is 27.5 Å². The lowest BCUT2D eigenvalue weighted by molar-refractivity contribution is 0.492. The van der Waals surface area contributed by atoms with E-state index in [2.05, 4.69) is 26.1 Å². The Morgan fingerprint density at radius 1 is 1.32 bits per heavy atom. The summed E-state index contributed by atoms with van der Waals surface area (Å²) >= 11 is 9.32. The minimum Gasteiger partial charge on any atom is -0.388 e. The van der Waals surface area contributed by atoms with Gasteiger partial charge in [0.25, 0.3) is 0 Å². The highest BCUT2D eigenvalue weighted by atomic mass is 79.9. The van der Waals surface area contributed by atoms with Crippen molar-refractivity contribution in [3.8, 4) is 11.5 Å². The second kappa shape index (κ2) is 5.69. The molecule has 0 saturated carbocycles. The first-order chi connectivity index (χ1) is 10.5. The fraction of sp³-hybridized carbons (Fsp3) is 0.154. The lowest BCUT2D eigenvalue weighted by Crippen LogP contribution is -2.17. The van der Waals surface area contributed by atoms with Gasteiger partial charge >= 0.3 is 5.76 Å². The first-order valence-electron chi connectivity index (χ1n) is 6.16. The fourth-order valence-electron chi connectivity index (χ4n) is 1.89. The number of hydrogen-bond donors (Lipinski definition) is 0. The molecule has 9 heteroatoms. The Morgan fingerprint density at radius 2 is 2.00 bits per heavy atom. The van der Waals surface area contributed by atoms with E-state index in [0.29, 0.717) is 20.9 Å². The molecule has 0 fully saturated rings. The third-order valence-corrected chi connectivity index (χ3v) is 4.48. The Morgan fingerprint density at radius 3 is 2.59 bits per heavy atom. The van der Waals surface area contributed by atoms with Crippen LogP contribution >= 0.6 is 27.5 Å². The molecule has 0 aliphatic rings. The van der Waals surface area contributed by atoms with E-state index < -0.39 is 5.76 Å². The molecule has 0 spiro atoms. The molecule has 0 aliphatic carbocycles. The number of nitrogens with zero attached hydrogens (tertiary/aromatic N) is 4. The topological polar surface area (TPSA) is 65.8 Å². The highest BCUT2D eigenvalue weighted by molar-refractivity contribution is 9.10. The van der Waals surface area contributed by atoms with E-state index in [1.807, 2.05) is 0 Å². The van der Waals surface area contributed by atoms with Gasteiger partial charge in [-0.05, 0) is 40.2 Å². The monoisotopic (exact) mass is 386 g/mol. The summed E-state index contributed by atoms with van der Waals surface area (Å²) in [4.78, 5) is 11.9. The van der Waals surface area contributed by atoms with Crippen molar-refractivity contribution in [3.05, 3.63) is 56.0 Å². The molecular weight excluding hydrogens is 379 g/mol. The van der Waals surface area contributed by atoms with Gasteiger partial charge in [0.2, 0.25) is 5.89 Å². The summed E-state index contributed by atoms with van der Waals surface area (Å²) in [6.45, 7) is 0.102. The average Bonchev–Trinajstić information content (AvgIpc) is 2.96. The Kier molecular flexibility index (Phi) is 3.88. The van der Waals surface area contributed by atoms with Gasteiger partial charge in [-0.15, -0.1) is 5.10 Å². The fourth-order valence-corrected chi connectivity index (χ4v) is 2.50. The van der Waals surface area contributed by atoms with Gasteiger partial charge in [-0.25, -0.2) is 9.18 Å². The van der Waals surface area contributed by atoms with Gasteiger partial charge < -0.3 is 4.42 Å². The van der Waals surface area contributed by atoms with E-state index in [1.165, 1.54) is 28.9 Å². The number of hydrogen-bond acceptors (Lipinski definition) is 4. The molecular formula is C13H9BrClFN4O2. The van der Waals surface area contributed by atoms with Crippen LogP contribution in [-0.4, -0.2) is 19.6 Å². The predicted molar refractivity (Wildman–Crippen MR) is 81.2 cm³/mol. The molecule has 3 rings (SSSR count). The highest BCUT2D eigenvalue weighted by Gasteiger charge is 2.16. The van der Waals surface area contributed by atoms with Crippen LogP contribution in [0.1, 0.15) is 5.69 Å². The molecule has 3 aromatic rings. The van der Waals surface area contributed by atoms with E-state index in [1.54, 1.807) is 7.05 Å².